The van der Waals surface area contributed by atoms with Gasteiger partial charge in [0.15, 0.2) is 0 Å². The van der Waals surface area contributed by atoms with E-state index in [4.69, 9.17) is 4.42 Å². The van der Waals surface area contributed by atoms with Gasteiger partial charge >= 0.3 is 0 Å². The van der Waals surface area contributed by atoms with Crippen LogP contribution in [0.25, 0.3) is 98.5 Å². The van der Waals surface area contributed by atoms with Crippen LogP contribution in [0.5, 0.6) is 0 Å². The van der Waals surface area contributed by atoms with Gasteiger partial charge in [0.1, 0.15) is 11.2 Å². The van der Waals surface area contributed by atoms with Gasteiger partial charge in [-0.1, -0.05) is 109 Å². The zero-order chi connectivity index (χ0) is 31.5. The first-order valence-electron chi connectivity index (χ1n) is 16.2. The molecule has 0 fully saturated rings. The highest BCUT2D eigenvalue weighted by Gasteiger charge is 2.25. The lowest BCUT2D eigenvalue weighted by Crippen LogP contribution is -2.02. The van der Waals surface area contributed by atoms with E-state index in [2.05, 4.69) is 171 Å². The highest BCUT2D eigenvalue weighted by atomic mass is 79.9. The molecule has 3 aromatic heterocycles. The largest absolute Gasteiger partial charge is 0.456 e. The normalized spacial score (nSPS) is 12.3. The molecule has 0 aliphatic heterocycles. The molecule has 0 unspecified atom stereocenters. The van der Waals surface area contributed by atoms with Crippen LogP contribution < -0.4 is 0 Å². The van der Waals surface area contributed by atoms with Gasteiger partial charge in [0.2, 0.25) is 0 Å². The van der Waals surface area contributed by atoms with Gasteiger partial charge in [0.05, 0.1) is 43.3 Å². The number of benzene rings is 8. The third-order valence-corrected chi connectivity index (χ3v) is 10.9. The minimum atomic E-state index is 0.850. The molecule has 0 saturated carbocycles. The molecule has 3 heterocycles. The summed E-state index contributed by atoms with van der Waals surface area (Å²) in [7, 11) is 0. The fourth-order valence-electron chi connectivity index (χ4n) is 8.10. The van der Waals surface area contributed by atoms with E-state index in [0.29, 0.717) is 0 Å². The van der Waals surface area contributed by atoms with E-state index in [1.807, 2.05) is 6.07 Å². The van der Waals surface area contributed by atoms with Gasteiger partial charge in [-0.2, -0.15) is 0 Å². The van der Waals surface area contributed by atoms with Crippen molar-refractivity contribution in [3.05, 3.63) is 156 Å². The second-order valence-corrected chi connectivity index (χ2v) is 13.4. The molecule has 0 saturated heterocycles. The lowest BCUT2D eigenvalue weighted by Gasteiger charge is -2.18. The van der Waals surface area contributed by atoms with Crippen LogP contribution in [0.1, 0.15) is 0 Å². The second kappa shape index (κ2) is 9.60. The van der Waals surface area contributed by atoms with Crippen molar-refractivity contribution in [2.45, 2.75) is 0 Å². The van der Waals surface area contributed by atoms with Crippen molar-refractivity contribution in [3.63, 3.8) is 0 Å². The maximum Gasteiger partial charge on any atom is 0.139 e. The maximum atomic E-state index is 6.73. The van der Waals surface area contributed by atoms with Crippen molar-refractivity contribution in [2.24, 2.45) is 0 Å². The fraction of sp³-hybridized carbons (Fsp3) is 0. The Morgan fingerprint density at radius 3 is 1.75 bits per heavy atom. The lowest BCUT2D eigenvalue weighted by atomic mass is 10.0. The van der Waals surface area contributed by atoms with Gasteiger partial charge in [-0.15, -0.1) is 0 Å². The first-order valence-corrected chi connectivity index (χ1v) is 17.0. The average molecular weight is 678 g/mol. The number of furan rings is 1. The number of hydrogen-bond donors (Lipinski definition) is 0. The van der Waals surface area contributed by atoms with Crippen molar-refractivity contribution in [2.75, 3.05) is 0 Å². The number of aromatic nitrogens is 2. The van der Waals surface area contributed by atoms with Gasteiger partial charge in [0, 0.05) is 33.0 Å². The zero-order valence-electron chi connectivity index (χ0n) is 25.6. The van der Waals surface area contributed by atoms with Crippen LogP contribution in [0.15, 0.2) is 161 Å². The first-order chi connectivity index (χ1) is 23.7. The molecule has 0 spiro atoms. The Hall–Kier alpha value is -5.84. The van der Waals surface area contributed by atoms with E-state index >= 15 is 0 Å². The van der Waals surface area contributed by atoms with Crippen LogP contribution in [0.2, 0.25) is 0 Å². The average Bonchev–Trinajstić information content (AvgIpc) is 3.78. The topological polar surface area (TPSA) is 23.0 Å². The summed E-state index contributed by atoms with van der Waals surface area (Å²) in [6.45, 7) is 0. The molecule has 224 valence electrons. The quantitative estimate of drug-likeness (QED) is 0.179. The van der Waals surface area contributed by atoms with Crippen molar-refractivity contribution in [1.29, 1.82) is 0 Å². The summed E-state index contributed by atoms with van der Waals surface area (Å²) >= 11 is 4.27. The third kappa shape index (κ3) is 3.42. The van der Waals surface area contributed by atoms with Gasteiger partial charge in [-0.05, 0) is 73.9 Å². The molecule has 8 aromatic carbocycles. The molecule has 48 heavy (non-hydrogen) atoms. The summed E-state index contributed by atoms with van der Waals surface area (Å²) in [5.41, 5.74) is 8.45. The predicted molar refractivity (Wildman–Crippen MR) is 205 cm³/mol. The minimum Gasteiger partial charge on any atom is -0.456 e. The Labute approximate surface area is 282 Å². The number of para-hydroxylation sites is 3. The van der Waals surface area contributed by atoms with Crippen molar-refractivity contribution < 1.29 is 4.42 Å². The van der Waals surface area contributed by atoms with E-state index in [1.165, 1.54) is 43.1 Å². The number of rotatable bonds is 2. The molecular weight excluding hydrogens is 652 g/mol. The second-order valence-electron chi connectivity index (χ2n) is 12.6. The van der Waals surface area contributed by atoms with E-state index in [1.54, 1.807) is 0 Å². The van der Waals surface area contributed by atoms with Crippen molar-refractivity contribution in [1.82, 2.24) is 9.13 Å². The molecule has 0 amide bonds. The fourth-order valence-corrected chi connectivity index (χ4v) is 8.76. The Kier molecular flexibility index (Phi) is 5.25. The summed E-state index contributed by atoms with van der Waals surface area (Å²) in [5, 5.41) is 12.0. The van der Waals surface area contributed by atoms with E-state index in [9.17, 15) is 0 Å². The van der Waals surface area contributed by atoms with Crippen molar-refractivity contribution in [3.8, 4) is 11.4 Å². The summed E-state index contributed by atoms with van der Waals surface area (Å²) in [6.07, 6.45) is 0. The van der Waals surface area contributed by atoms with Crippen LogP contribution >= 0.6 is 15.9 Å². The Morgan fingerprint density at radius 1 is 0.396 bits per heavy atom. The van der Waals surface area contributed by atoms with Crippen LogP contribution in [-0.4, -0.2) is 9.13 Å². The Bertz CT molecular complexity index is 3090. The van der Waals surface area contributed by atoms with Crippen LogP contribution in [-0.2, 0) is 0 Å². The molecule has 3 nitrogen and oxygen atoms in total. The number of fused-ring (bicyclic) bond motifs is 12. The molecule has 4 heteroatoms. The molecule has 0 aliphatic rings. The summed E-state index contributed by atoms with van der Waals surface area (Å²) in [4.78, 5) is 0. The number of nitrogens with zero attached hydrogens (tertiary/aromatic N) is 2. The molecule has 0 atom stereocenters. The van der Waals surface area contributed by atoms with Gasteiger partial charge in [-0.3, -0.25) is 0 Å². The standard InChI is InChI=1S/C44H25BrN2O/c45-43-38(46-36-22-21-26-11-3-4-14-29(26)41(36)33-23-27-12-1-2-13-28(27)24-37(33)46)25-40-42(32-17-7-10-20-39(32)48-40)44(43)47-34-18-8-5-15-30(34)31-16-6-9-19-35(31)47/h1-25H. The Balaban J connectivity index is 1.38. The summed E-state index contributed by atoms with van der Waals surface area (Å²) < 4.78 is 12.6. The number of halogens is 1. The van der Waals surface area contributed by atoms with Gasteiger partial charge in [-0.25, -0.2) is 0 Å². The van der Waals surface area contributed by atoms with Crippen LogP contribution in [0.4, 0.5) is 0 Å². The molecular formula is C44H25BrN2O. The van der Waals surface area contributed by atoms with E-state index < -0.39 is 0 Å². The highest BCUT2D eigenvalue weighted by Crippen LogP contribution is 2.47. The third-order valence-electron chi connectivity index (χ3n) is 10.1. The molecule has 0 N–H and O–H groups in total. The minimum absolute atomic E-state index is 0.850. The molecule has 0 aliphatic carbocycles. The highest BCUT2D eigenvalue weighted by molar-refractivity contribution is 9.10. The maximum absolute atomic E-state index is 6.73. The smallest absolute Gasteiger partial charge is 0.139 e. The SMILES string of the molecule is Brc1c(-n2c3cc4ccccc4cc3c3c4ccccc4ccc32)cc2oc3ccccc3c2c1-n1c2ccccc2c2ccccc21. The monoisotopic (exact) mass is 676 g/mol. The molecule has 11 aromatic rings. The molecule has 11 rings (SSSR count). The van der Waals surface area contributed by atoms with E-state index in [-0.39, 0.29) is 0 Å². The first kappa shape index (κ1) is 26.3. The van der Waals surface area contributed by atoms with Crippen LogP contribution in [0, 0.1) is 0 Å². The van der Waals surface area contributed by atoms with Gasteiger partial charge in [0.25, 0.3) is 0 Å². The summed E-state index contributed by atoms with van der Waals surface area (Å²) in [6, 6.07) is 54.6. The number of hydrogen-bond acceptors (Lipinski definition) is 1. The van der Waals surface area contributed by atoms with Crippen LogP contribution in [0.3, 0.4) is 0 Å². The van der Waals surface area contributed by atoms with E-state index in [0.717, 1.165) is 59.9 Å². The summed E-state index contributed by atoms with van der Waals surface area (Å²) in [5.74, 6) is 0. The lowest BCUT2D eigenvalue weighted by molar-refractivity contribution is 0.668. The van der Waals surface area contributed by atoms with Crippen molar-refractivity contribution >= 4 is 103 Å². The zero-order valence-corrected chi connectivity index (χ0v) is 27.2. The molecule has 0 bridgehead atoms. The Morgan fingerprint density at radius 2 is 1.00 bits per heavy atom. The van der Waals surface area contributed by atoms with Gasteiger partial charge < -0.3 is 13.6 Å². The molecule has 0 radical (unpaired) electrons. The predicted octanol–water partition coefficient (Wildman–Crippen LogP) is 12.8.